The Morgan fingerprint density at radius 3 is 2.56 bits per heavy atom. The fourth-order valence-corrected chi connectivity index (χ4v) is 4.71. The molecule has 1 saturated carbocycles. The zero-order chi connectivity index (χ0) is 22.1. The Labute approximate surface area is 192 Å². The van der Waals surface area contributed by atoms with Crippen LogP contribution in [-0.2, 0) is 22.0 Å². The molecule has 2 aromatic carbocycles. The Morgan fingerprint density at radius 2 is 1.88 bits per heavy atom. The van der Waals surface area contributed by atoms with Gasteiger partial charge in [-0.15, -0.1) is 10.2 Å². The van der Waals surface area contributed by atoms with Crippen LogP contribution in [0.25, 0.3) is 11.4 Å². The third-order valence-electron chi connectivity index (χ3n) is 6.34. The average Bonchev–Trinajstić information content (AvgIpc) is 3.52. The van der Waals surface area contributed by atoms with E-state index in [0.717, 1.165) is 43.1 Å². The number of nitrogens with zero attached hydrogens (tertiary/aromatic N) is 4. The molecule has 1 aliphatic heterocycles. The summed E-state index contributed by atoms with van der Waals surface area (Å²) in [6.45, 7) is 3.22. The number of nitrogens with one attached hydrogen (secondary N) is 1. The lowest BCUT2D eigenvalue weighted by Gasteiger charge is -2.25. The van der Waals surface area contributed by atoms with Gasteiger partial charge in [-0.25, -0.2) is 0 Å². The van der Waals surface area contributed by atoms with E-state index < -0.39 is 0 Å². The molecule has 8 heteroatoms. The molecule has 3 aromatic rings. The largest absolute Gasteiger partial charge is 0.379 e. The zero-order valence-electron chi connectivity index (χ0n) is 18.1. The molecule has 1 N–H and O–H groups in total. The first-order valence-corrected chi connectivity index (χ1v) is 11.3. The number of morpholine rings is 1. The van der Waals surface area contributed by atoms with Gasteiger partial charge >= 0.3 is 0 Å². The maximum absolute atomic E-state index is 12.4. The van der Waals surface area contributed by atoms with E-state index in [1.54, 1.807) is 6.07 Å². The molecule has 0 radical (unpaired) electrons. The van der Waals surface area contributed by atoms with Crippen molar-refractivity contribution in [3.63, 3.8) is 0 Å². The molecule has 1 saturated heterocycles. The molecule has 166 valence electrons. The lowest BCUT2D eigenvalue weighted by Crippen LogP contribution is -2.41. The quantitative estimate of drug-likeness (QED) is 0.621. The summed E-state index contributed by atoms with van der Waals surface area (Å²) in [7, 11) is 1.99. The molecule has 2 aliphatic rings. The van der Waals surface area contributed by atoms with Crippen molar-refractivity contribution in [1.82, 2.24) is 19.7 Å². The van der Waals surface area contributed by atoms with Crippen LogP contribution in [0.3, 0.4) is 0 Å². The molecule has 1 aromatic heterocycles. The normalized spacial score (nSPS) is 17.8. The fraction of sp³-hybridized carbons (Fsp3) is 0.375. The SMILES string of the molecule is Cn1c(-c2ccc(NC(=O)CN3CCOCC3)cc2Cl)nnc1C1(c2ccccc2)CC1. The summed E-state index contributed by atoms with van der Waals surface area (Å²) in [5.74, 6) is 1.62. The molecule has 5 rings (SSSR count). The van der Waals surface area contributed by atoms with Crippen LogP contribution < -0.4 is 5.32 Å². The minimum absolute atomic E-state index is 0.0600. The second kappa shape index (κ2) is 8.65. The van der Waals surface area contributed by atoms with E-state index in [1.165, 1.54) is 5.56 Å². The van der Waals surface area contributed by atoms with Crippen LogP contribution in [0.5, 0.6) is 0 Å². The van der Waals surface area contributed by atoms with E-state index in [2.05, 4.69) is 44.7 Å². The summed E-state index contributed by atoms with van der Waals surface area (Å²) in [6, 6.07) is 16.0. The van der Waals surface area contributed by atoms with Gasteiger partial charge in [0, 0.05) is 31.4 Å². The summed E-state index contributed by atoms with van der Waals surface area (Å²) in [4.78, 5) is 14.5. The third kappa shape index (κ3) is 4.03. The van der Waals surface area contributed by atoms with Crippen molar-refractivity contribution in [1.29, 1.82) is 0 Å². The molecule has 7 nitrogen and oxygen atoms in total. The highest BCUT2D eigenvalue weighted by molar-refractivity contribution is 6.33. The molecular weight excluding hydrogens is 426 g/mol. The zero-order valence-corrected chi connectivity index (χ0v) is 18.8. The smallest absolute Gasteiger partial charge is 0.238 e. The van der Waals surface area contributed by atoms with E-state index in [4.69, 9.17) is 16.3 Å². The predicted octanol–water partition coefficient (Wildman–Crippen LogP) is 3.49. The second-order valence-corrected chi connectivity index (χ2v) is 8.89. The Bertz CT molecular complexity index is 1120. The molecule has 0 atom stereocenters. The first-order chi connectivity index (χ1) is 15.6. The van der Waals surface area contributed by atoms with Gasteiger partial charge in [0.15, 0.2) is 5.82 Å². The monoisotopic (exact) mass is 451 g/mol. The number of carbonyl (C=O) groups excluding carboxylic acids is 1. The summed E-state index contributed by atoms with van der Waals surface area (Å²) >= 11 is 6.61. The van der Waals surface area contributed by atoms with Gasteiger partial charge in [0.1, 0.15) is 5.82 Å². The van der Waals surface area contributed by atoms with Crippen molar-refractivity contribution in [3.05, 3.63) is 64.9 Å². The minimum atomic E-state index is -0.0683. The Morgan fingerprint density at radius 1 is 1.12 bits per heavy atom. The highest BCUT2D eigenvalue weighted by Crippen LogP contribution is 2.53. The number of hydrogen-bond acceptors (Lipinski definition) is 5. The van der Waals surface area contributed by atoms with Gasteiger partial charge in [-0.1, -0.05) is 41.9 Å². The number of hydrogen-bond donors (Lipinski definition) is 1. The maximum Gasteiger partial charge on any atom is 0.238 e. The molecular formula is C24H26ClN5O2. The van der Waals surface area contributed by atoms with Gasteiger partial charge in [-0.2, -0.15) is 0 Å². The van der Waals surface area contributed by atoms with Crippen molar-refractivity contribution in [2.24, 2.45) is 7.05 Å². The van der Waals surface area contributed by atoms with Crippen molar-refractivity contribution < 1.29 is 9.53 Å². The second-order valence-electron chi connectivity index (χ2n) is 8.49. The highest BCUT2D eigenvalue weighted by atomic mass is 35.5. The van der Waals surface area contributed by atoms with Gasteiger partial charge < -0.3 is 14.6 Å². The minimum Gasteiger partial charge on any atom is -0.379 e. The first kappa shape index (κ1) is 21.1. The molecule has 32 heavy (non-hydrogen) atoms. The number of ether oxygens (including phenoxy) is 1. The van der Waals surface area contributed by atoms with E-state index >= 15 is 0 Å². The number of amides is 1. The van der Waals surface area contributed by atoms with Crippen molar-refractivity contribution in [3.8, 4) is 11.4 Å². The van der Waals surface area contributed by atoms with E-state index in [0.29, 0.717) is 30.5 Å². The van der Waals surface area contributed by atoms with Gasteiger partial charge in [-0.05, 0) is 36.6 Å². The van der Waals surface area contributed by atoms with Gasteiger partial charge in [0.05, 0.1) is 30.2 Å². The van der Waals surface area contributed by atoms with Crippen LogP contribution in [0.2, 0.25) is 5.02 Å². The lowest BCUT2D eigenvalue weighted by atomic mass is 9.95. The number of aromatic nitrogens is 3. The Hall–Kier alpha value is -2.74. The average molecular weight is 452 g/mol. The van der Waals surface area contributed by atoms with E-state index in [9.17, 15) is 4.79 Å². The van der Waals surface area contributed by atoms with Crippen molar-refractivity contribution in [2.45, 2.75) is 18.3 Å². The van der Waals surface area contributed by atoms with Crippen molar-refractivity contribution in [2.75, 3.05) is 38.2 Å². The highest BCUT2D eigenvalue weighted by Gasteiger charge is 2.49. The molecule has 2 heterocycles. The predicted molar refractivity (Wildman–Crippen MR) is 124 cm³/mol. The van der Waals surface area contributed by atoms with Crippen LogP contribution >= 0.6 is 11.6 Å². The van der Waals surface area contributed by atoms with Gasteiger partial charge in [0.25, 0.3) is 0 Å². The van der Waals surface area contributed by atoms with E-state index in [1.807, 2.05) is 29.8 Å². The number of halogens is 1. The fourth-order valence-electron chi connectivity index (χ4n) is 4.44. The number of anilines is 1. The number of benzene rings is 2. The van der Waals surface area contributed by atoms with Gasteiger partial charge in [0.2, 0.25) is 5.91 Å². The molecule has 2 fully saturated rings. The van der Waals surface area contributed by atoms with Crippen LogP contribution in [-0.4, -0.2) is 58.4 Å². The molecule has 1 amide bonds. The Balaban J connectivity index is 1.33. The molecule has 0 unspecified atom stereocenters. The van der Waals surface area contributed by atoms with Crippen LogP contribution in [0, 0.1) is 0 Å². The summed E-state index contributed by atoms with van der Waals surface area (Å²) < 4.78 is 7.37. The Kier molecular flexibility index (Phi) is 5.71. The lowest BCUT2D eigenvalue weighted by molar-refractivity contribution is -0.118. The molecule has 1 aliphatic carbocycles. The van der Waals surface area contributed by atoms with Crippen LogP contribution in [0.1, 0.15) is 24.2 Å². The van der Waals surface area contributed by atoms with Crippen LogP contribution in [0.15, 0.2) is 48.5 Å². The first-order valence-electron chi connectivity index (χ1n) is 10.9. The van der Waals surface area contributed by atoms with E-state index in [-0.39, 0.29) is 11.3 Å². The molecule has 0 bridgehead atoms. The number of carbonyl (C=O) groups is 1. The maximum atomic E-state index is 12.4. The number of rotatable bonds is 6. The third-order valence-corrected chi connectivity index (χ3v) is 6.66. The topological polar surface area (TPSA) is 72.3 Å². The summed E-state index contributed by atoms with van der Waals surface area (Å²) in [5, 5.41) is 12.5. The summed E-state index contributed by atoms with van der Waals surface area (Å²) in [6.07, 6.45) is 2.12. The standard InChI is InChI=1S/C24H26ClN5O2/c1-29-22(27-28-23(29)24(9-10-24)17-5-3-2-4-6-17)19-8-7-18(15-20(19)25)26-21(31)16-30-11-13-32-14-12-30/h2-8,15H,9-14,16H2,1H3,(H,26,31). The van der Waals surface area contributed by atoms with Crippen molar-refractivity contribution >= 4 is 23.2 Å². The molecule has 0 spiro atoms. The van der Waals surface area contributed by atoms with Crippen LogP contribution in [0.4, 0.5) is 5.69 Å². The van der Waals surface area contributed by atoms with Gasteiger partial charge in [-0.3, -0.25) is 9.69 Å². The summed E-state index contributed by atoms with van der Waals surface area (Å²) in [5.41, 5.74) is 2.66.